The fraction of sp³-hybridized carbons (Fsp3) is 0.471. The average molecular weight is 307 g/mol. The zero-order chi connectivity index (χ0) is 15.6. The fourth-order valence-electron chi connectivity index (χ4n) is 2.60. The van der Waals surface area contributed by atoms with Crippen molar-refractivity contribution < 1.29 is 0 Å². The molecule has 1 heterocycles. The first-order valence-electron chi connectivity index (χ1n) is 7.44. The van der Waals surface area contributed by atoms with Crippen molar-refractivity contribution in [2.24, 2.45) is 0 Å². The summed E-state index contributed by atoms with van der Waals surface area (Å²) < 4.78 is 0. The zero-order valence-corrected chi connectivity index (χ0v) is 14.0. The molecule has 1 aromatic heterocycles. The molecule has 0 radical (unpaired) electrons. The lowest BCUT2D eigenvalue weighted by atomic mass is 10.1. The molecule has 0 saturated carbocycles. The number of H-pyrrole nitrogens is 1. The number of hydrogen-bond donors (Lipinski definition) is 1. The van der Waals surface area contributed by atoms with Crippen LogP contribution >= 0.6 is 11.6 Å². The van der Waals surface area contributed by atoms with Crippen molar-refractivity contribution in [2.45, 2.75) is 40.2 Å². The minimum absolute atomic E-state index is 0.115. The molecule has 21 heavy (non-hydrogen) atoms. The largest absolute Gasteiger partial charge is 0.358 e. The molecule has 1 aromatic carbocycles. The fourth-order valence-corrected chi connectivity index (χ4v) is 2.76. The highest BCUT2D eigenvalue weighted by atomic mass is 35.5. The quantitative estimate of drug-likeness (QED) is 0.905. The number of hydrogen-bond acceptors (Lipinski definition) is 2. The van der Waals surface area contributed by atoms with Gasteiger partial charge < -0.3 is 9.88 Å². The van der Waals surface area contributed by atoms with Gasteiger partial charge >= 0.3 is 0 Å². The molecule has 0 aliphatic rings. The van der Waals surface area contributed by atoms with Crippen LogP contribution in [0.15, 0.2) is 16.9 Å². The van der Waals surface area contributed by atoms with Crippen LogP contribution in [-0.2, 0) is 6.54 Å². The molecule has 0 fully saturated rings. The van der Waals surface area contributed by atoms with Gasteiger partial charge in [-0.2, -0.15) is 0 Å². The molecule has 114 valence electrons. The van der Waals surface area contributed by atoms with Gasteiger partial charge in [0.2, 0.25) is 0 Å². The molecule has 3 nitrogen and oxygen atoms in total. The Morgan fingerprint density at radius 3 is 2.67 bits per heavy atom. The zero-order valence-electron chi connectivity index (χ0n) is 13.2. The van der Waals surface area contributed by atoms with Gasteiger partial charge in [-0.1, -0.05) is 24.9 Å². The van der Waals surface area contributed by atoms with Gasteiger partial charge in [-0.25, -0.2) is 0 Å². The lowest BCUT2D eigenvalue weighted by Gasteiger charge is -2.18. The van der Waals surface area contributed by atoms with Crippen LogP contribution in [0.2, 0.25) is 5.02 Å². The summed E-state index contributed by atoms with van der Waals surface area (Å²) in [6.07, 6.45) is 2.31. The van der Waals surface area contributed by atoms with E-state index in [-0.39, 0.29) is 5.43 Å². The minimum atomic E-state index is 0.115. The predicted molar refractivity (Wildman–Crippen MR) is 90.3 cm³/mol. The van der Waals surface area contributed by atoms with E-state index < -0.39 is 0 Å². The number of aryl methyl sites for hydroxylation is 2. The number of halogens is 1. The average Bonchev–Trinajstić information content (AvgIpc) is 2.45. The number of fused-ring (bicyclic) bond motifs is 1. The van der Waals surface area contributed by atoms with E-state index in [0.29, 0.717) is 11.6 Å². The normalized spacial score (nSPS) is 11.5. The number of benzene rings is 1. The van der Waals surface area contributed by atoms with E-state index in [0.717, 1.165) is 47.1 Å². The van der Waals surface area contributed by atoms with Crippen LogP contribution in [0.1, 0.15) is 36.6 Å². The summed E-state index contributed by atoms with van der Waals surface area (Å²) in [6.45, 7) is 7.76. The lowest BCUT2D eigenvalue weighted by molar-refractivity contribution is 0.319. The van der Waals surface area contributed by atoms with E-state index in [1.165, 1.54) is 0 Å². The van der Waals surface area contributed by atoms with Crippen LogP contribution in [0, 0.1) is 13.8 Å². The van der Waals surface area contributed by atoms with E-state index in [1.54, 1.807) is 6.07 Å². The van der Waals surface area contributed by atoms with Crippen LogP contribution < -0.4 is 5.43 Å². The van der Waals surface area contributed by atoms with Crippen molar-refractivity contribution in [1.29, 1.82) is 0 Å². The van der Waals surface area contributed by atoms with Crippen molar-refractivity contribution in [1.82, 2.24) is 9.88 Å². The van der Waals surface area contributed by atoms with E-state index in [2.05, 4.69) is 23.9 Å². The summed E-state index contributed by atoms with van der Waals surface area (Å²) in [5, 5.41) is 1.41. The first kappa shape index (κ1) is 16.1. The monoisotopic (exact) mass is 306 g/mol. The maximum atomic E-state index is 12.7. The summed E-state index contributed by atoms with van der Waals surface area (Å²) >= 11 is 6.14. The molecule has 0 aliphatic carbocycles. The van der Waals surface area contributed by atoms with Gasteiger partial charge in [0.05, 0.1) is 5.52 Å². The van der Waals surface area contributed by atoms with Gasteiger partial charge in [-0.3, -0.25) is 4.79 Å². The van der Waals surface area contributed by atoms with Gasteiger partial charge in [0, 0.05) is 28.2 Å². The number of rotatable bonds is 5. The molecule has 0 aliphatic heterocycles. The first-order chi connectivity index (χ1) is 9.95. The van der Waals surface area contributed by atoms with Crippen LogP contribution in [0.5, 0.6) is 0 Å². The second-order valence-corrected chi connectivity index (χ2v) is 6.15. The highest BCUT2D eigenvalue weighted by molar-refractivity contribution is 6.32. The van der Waals surface area contributed by atoms with Crippen molar-refractivity contribution in [3.63, 3.8) is 0 Å². The topological polar surface area (TPSA) is 36.1 Å². The van der Waals surface area contributed by atoms with Crippen LogP contribution in [-0.4, -0.2) is 23.5 Å². The van der Waals surface area contributed by atoms with E-state index in [1.807, 2.05) is 19.9 Å². The van der Waals surface area contributed by atoms with Gasteiger partial charge in [0.25, 0.3) is 0 Å². The summed E-state index contributed by atoms with van der Waals surface area (Å²) in [5.74, 6) is 0. The third-order valence-electron chi connectivity index (χ3n) is 4.00. The maximum absolute atomic E-state index is 12.7. The Hall–Kier alpha value is -1.32. The SMILES string of the molecule is CCCCN(C)Cc1c(C)[nH]c2c(C)c(Cl)ccc2c1=O. The predicted octanol–water partition coefficient (Wildman–Crippen LogP) is 4.03. The highest BCUT2D eigenvalue weighted by Gasteiger charge is 2.13. The molecule has 0 unspecified atom stereocenters. The van der Waals surface area contributed by atoms with Crippen molar-refractivity contribution in [2.75, 3.05) is 13.6 Å². The van der Waals surface area contributed by atoms with Gasteiger partial charge in [0.15, 0.2) is 5.43 Å². The van der Waals surface area contributed by atoms with Crippen molar-refractivity contribution in [3.8, 4) is 0 Å². The number of pyridine rings is 1. The molecular weight excluding hydrogens is 284 g/mol. The molecule has 0 bridgehead atoms. The molecule has 2 rings (SSSR count). The molecular formula is C17H23ClN2O. The third-order valence-corrected chi connectivity index (χ3v) is 4.41. The molecule has 0 atom stereocenters. The van der Waals surface area contributed by atoms with Crippen molar-refractivity contribution >= 4 is 22.5 Å². The molecule has 0 saturated heterocycles. The Morgan fingerprint density at radius 2 is 2.00 bits per heavy atom. The number of unbranched alkanes of at least 4 members (excludes halogenated alkanes) is 1. The second kappa shape index (κ2) is 6.63. The first-order valence-corrected chi connectivity index (χ1v) is 7.82. The van der Waals surface area contributed by atoms with Crippen LogP contribution in [0.3, 0.4) is 0 Å². The second-order valence-electron chi connectivity index (χ2n) is 5.74. The Labute approximate surface area is 130 Å². The van der Waals surface area contributed by atoms with E-state index in [4.69, 9.17) is 11.6 Å². The highest BCUT2D eigenvalue weighted by Crippen LogP contribution is 2.23. The summed E-state index contributed by atoms with van der Waals surface area (Å²) in [4.78, 5) is 18.3. The van der Waals surface area contributed by atoms with Gasteiger partial charge in [0.1, 0.15) is 0 Å². The smallest absolute Gasteiger partial charge is 0.194 e. The number of nitrogens with zero attached hydrogens (tertiary/aromatic N) is 1. The minimum Gasteiger partial charge on any atom is -0.358 e. The number of nitrogens with one attached hydrogen (secondary N) is 1. The molecule has 0 amide bonds. The summed E-state index contributed by atoms with van der Waals surface area (Å²) in [5.41, 5.74) is 3.68. The number of aromatic nitrogens is 1. The van der Waals surface area contributed by atoms with E-state index >= 15 is 0 Å². The van der Waals surface area contributed by atoms with Crippen LogP contribution in [0.4, 0.5) is 0 Å². The number of aromatic amines is 1. The Morgan fingerprint density at radius 1 is 1.29 bits per heavy atom. The Balaban J connectivity index is 2.47. The van der Waals surface area contributed by atoms with E-state index in [9.17, 15) is 4.79 Å². The van der Waals surface area contributed by atoms with Gasteiger partial charge in [-0.05, 0) is 51.6 Å². The molecule has 1 N–H and O–H groups in total. The molecule has 2 aromatic rings. The summed E-state index contributed by atoms with van der Waals surface area (Å²) in [7, 11) is 2.06. The standard InChI is InChI=1S/C17H23ClN2O/c1-5-6-9-20(4)10-14-12(3)19-16-11(2)15(18)8-7-13(16)17(14)21/h7-8H,5-6,9-10H2,1-4H3,(H,19,21). The van der Waals surface area contributed by atoms with Crippen LogP contribution in [0.25, 0.3) is 10.9 Å². The molecule has 0 spiro atoms. The Bertz CT molecular complexity index is 706. The maximum Gasteiger partial charge on any atom is 0.194 e. The summed E-state index contributed by atoms with van der Waals surface area (Å²) in [6, 6.07) is 3.62. The Kier molecular flexibility index (Phi) is 5.07. The third kappa shape index (κ3) is 3.30. The van der Waals surface area contributed by atoms with Gasteiger partial charge in [-0.15, -0.1) is 0 Å². The molecule has 4 heteroatoms. The lowest BCUT2D eigenvalue weighted by Crippen LogP contribution is -2.25. The van der Waals surface area contributed by atoms with Crippen molar-refractivity contribution in [3.05, 3.63) is 44.2 Å².